The number of hydrogen-bond acceptors (Lipinski definition) is 2. The molecule has 100 valence electrons. The van der Waals surface area contributed by atoms with Crippen molar-refractivity contribution in [2.75, 3.05) is 5.33 Å². The van der Waals surface area contributed by atoms with Gasteiger partial charge in [-0.25, -0.2) is 17.5 Å². The van der Waals surface area contributed by atoms with Crippen LogP contribution in [0.1, 0.15) is 25.7 Å². The minimum Gasteiger partial charge on any atom is -0.207 e. The highest BCUT2D eigenvalue weighted by Crippen LogP contribution is 2.32. The Bertz CT molecular complexity index is 527. The summed E-state index contributed by atoms with van der Waals surface area (Å²) >= 11 is 3.37. The molecule has 2 rings (SSSR count). The molecular formula is C12H15BrFNO2S. The van der Waals surface area contributed by atoms with Crippen LogP contribution in [0.15, 0.2) is 29.2 Å². The predicted molar refractivity (Wildman–Crippen MR) is 71.7 cm³/mol. The average molecular weight is 336 g/mol. The minimum absolute atomic E-state index is 0.0188. The molecule has 6 heteroatoms. The van der Waals surface area contributed by atoms with Crippen LogP contribution in [0.2, 0.25) is 0 Å². The zero-order valence-electron chi connectivity index (χ0n) is 9.83. The highest BCUT2D eigenvalue weighted by molar-refractivity contribution is 9.09. The van der Waals surface area contributed by atoms with E-state index in [0.717, 1.165) is 31.7 Å². The molecule has 1 aromatic rings. The third-order valence-corrected chi connectivity index (χ3v) is 5.92. The number of alkyl halides is 1. The molecule has 0 aliphatic heterocycles. The number of nitrogens with one attached hydrogen (secondary N) is 1. The Morgan fingerprint density at radius 1 is 1.33 bits per heavy atom. The number of sulfonamides is 1. The summed E-state index contributed by atoms with van der Waals surface area (Å²) in [6.07, 6.45) is 3.65. The molecule has 3 nitrogen and oxygen atoms in total. The molecule has 0 unspecified atom stereocenters. The van der Waals surface area contributed by atoms with Crippen molar-refractivity contribution < 1.29 is 12.8 Å². The van der Waals surface area contributed by atoms with Gasteiger partial charge in [0.25, 0.3) is 0 Å². The molecule has 1 fully saturated rings. The second kappa shape index (κ2) is 5.27. The summed E-state index contributed by atoms with van der Waals surface area (Å²) < 4.78 is 40.2. The Hall–Kier alpha value is -0.460. The fourth-order valence-corrected chi connectivity index (χ4v) is 4.67. The van der Waals surface area contributed by atoms with E-state index in [0.29, 0.717) is 5.33 Å². The van der Waals surface area contributed by atoms with Crippen LogP contribution < -0.4 is 4.72 Å². The van der Waals surface area contributed by atoms with Gasteiger partial charge in [-0.2, -0.15) is 0 Å². The van der Waals surface area contributed by atoms with Gasteiger partial charge in [0.15, 0.2) is 0 Å². The first-order valence-electron chi connectivity index (χ1n) is 5.83. The normalized spacial score (nSPS) is 19.0. The molecule has 0 bridgehead atoms. The molecule has 0 amide bonds. The summed E-state index contributed by atoms with van der Waals surface area (Å²) in [4.78, 5) is -0.0188. The summed E-state index contributed by atoms with van der Waals surface area (Å²) in [5.74, 6) is -0.544. The van der Waals surface area contributed by atoms with Crippen molar-refractivity contribution in [2.24, 2.45) is 0 Å². The van der Waals surface area contributed by atoms with Crippen LogP contribution in [-0.4, -0.2) is 19.3 Å². The van der Waals surface area contributed by atoms with Gasteiger partial charge in [0, 0.05) is 10.9 Å². The van der Waals surface area contributed by atoms with Gasteiger partial charge in [0.2, 0.25) is 10.0 Å². The third-order valence-electron chi connectivity index (χ3n) is 3.27. The highest BCUT2D eigenvalue weighted by Gasteiger charge is 2.37. The predicted octanol–water partition coefficient (Wildman–Crippen LogP) is 2.81. The van der Waals surface area contributed by atoms with Crippen LogP contribution in [0.4, 0.5) is 4.39 Å². The van der Waals surface area contributed by atoms with Crippen LogP contribution >= 0.6 is 15.9 Å². The summed E-state index contributed by atoms with van der Waals surface area (Å²) in [6.45, 7) is 0. The second-order valence-electron chi connectivity index (χ2n) is 4.68. The lowest BCUT2D eigenvalue weighted by Crippen LogP contribution is -2.47. The lowest BCUT2D eigenvalue weighted by Gasteiger charge is -2.27. The van der Waals surface area contributed by atoms with Gasteiger partial charge in [-0.15, -0.1) is 0 Å². The fourth-order valence-electron chi connectivity index (χ4n) is 2.29. The monoisotopic (exact) mass is 335 g/mol. The molecule has 0 heterocycles. The molecule has 0 aromatic heterocycles. The van der Waals surface area contributed by atoms with Crippen LogP contribution in [0, 0.1) is 5.82 Å². The van der Waals surface area contributed by atoms with E-state index in [1.165, 1.54) is 18.2 Å². The maximum atomic E-state index is 13.1. The molecule has 1 saturated carbocycles. The van der Waals surface area contributed by atoms with Crippen molar-refractivity contribution in [1.29, 1.82) is 0 Å². The minimum atomic E-state index is -3.66. The standard InChI is InChI=1S/C12H15BrFNO2S/c13-9-12(6-1-2-7-12)15-18(16,17)11-5-3-4-10(14)8-11/h3-5,8,15H,1-2,6-7,9H2. The summed E-state index contributed by atoms with van der Waals surface area (Å²) in [5, 5.41) is 0.578. The van der Waals surface area contributed by atoms with Gasteiger partial charge >= 0.3 is 0 Å². The van der Waals surface area contributed by atoms with Crippen molar-refractivity contribution in [3.05, 3.63) is 30.1 Å². The van der Waals surface area contributed by atoms with Crippen LogP contribution in [0.5, 0.6) is 0 Å². The van der Waals surface area contributed by atoms with Gasteiger partial charge in [-0.1, -0.05) is 34.8 Å². The summed E-state index contributed by atoms with van der Waals surface area (Å²) in [5.41, 5.74) is -0.425. The van der Waals surface area contributed by atoms with E-state index in [-0.39, 0.29) is 4.90 Å². The van der Waals surface area contributed by atoms with Gasteiger partial charge in [0.05, 0.1) is 4.90 Å². The van der Waals surface area contributed by atoms with E-state index in [1.807, 2.05) is 0 Å². The second-order valence-corrected chi connectivity index (χ2v) is 6.93. The molecule has 0 saturated heterocycles. The first-order valence-corrected chi connectivity index (χ1v) is 8.43. The van der Waals surface area contributed by atoms with Gasteiger partial charge in [-0.3, -0.25) is 0 Å². The Labute approximate surface area is 115 Å². The molecule has 0 atom stereocenters. The van der Waals surface area contributed by atoms with Crippen molar-refractivity contribution in [1.82, 2.24) is 4.72 Å². The van der Waals surface area contributed by atoms with Crippen molar-refractivity contribution >= 4 is 26.0 Å². The number of benzene rings is 1. The number of halogens is 2. The fraction of sp³-hybridized carbons (Fsp3) is 0.500. The van der Waals surface area contributed by atoms with Crippen LogP contribution in [-0.2, 0) is 10.0 Å². The van der Waals surface area contributed by atoms with E-state index in [1.54, 1.807) is 0 Å². The van der Waals surface area contributed by atoms with E-state index >= 15 is 0 Å². The summed E-state index contributed by atoms with van der Waals surface area (Å²) in [6, 6.07) is 5.08. The molecule has 1 N–H and O–H groups in total. The maximum absolute atomic E-state index is 13.1. The van der Waals surface area contributed by atoms with Crippen molar-refractivity contribution in [3.8, 4) is 0 Å². The lowest BCUT2D eigenvalue weighted by molar-refractivity contribution is 0.437. The van der Waals surface area contributed by atoms with E-state index in [2.05, 4.69) is 20.7 Å². The number of hydrogen-bond donors (Lipinski definition) is 1. The largest absolute Gasteiger partial charge is 0.241 e. The molecule has 0 spiro atoms. The maximum Gasteiger partial charge on any atom is 0.241 e. The van der Waals surface area contributed by atoms with Crippen molar-refractivity contribution in [3.63, 3.8) is 0 Å². The van der Waals surface area contributed by atoms with E-state index in [4.69, 9.17) is 0 Å². The Morgan fingerprint density at radius 2 is 2.00 bits per heavy atom. The smallest absolute Gasteiger partial charge is 0.207 e. The zero-order valence-corrected chi connectivity index (χ0v) is 12.2. The number of rotatable bonds is 4. The Balaban J connectivity index is 2.27. The van der Waals surface area contributed by atoms with Gasteiger partial charge < -0.3 is 0 Å². The SMILES string of the molecule is O=S(=O)(NC1(CBr)CCCC1)c1cccc(F)c1. The Kier molecular flexibility index (Phi) is 4.08. The molecule has 1 aliphatic rings. The van der Waals surface area contributed by atoms with Gasteiger partial charge in [0.1, 0.15) is 5.82 Å². The molecule has 18 heavy (non-hydrogen) atoms. The lowest BCUT2D eigenvalue weighted by atomic mass is 10.0. The van der Waals surface area contributed by atoms with Crippen molar-refractivity contribution in [2.45, 2.75) is 36.1 Å². The van der Waals surface area contributed by atoms with Crippen LogP contribution in [0.3, 0.4) is 0 Å². The quantitative estimate of drug-likeness (QED) is 0.860. The summed E-state index contributed by atoms with van der Waals surface area (Å²) in [7, 11) is -3.66. The molecule has 1 aromatic carbocycles. The molecule has 1 aliphatic carbocycles. The Morgan fingerprint density at radius 3 is 2.56 bits per heavy atom. The first kappa shape index (κ1) is 14.0. The molecular weight excluding hydrogens is 321 g/mol. The first-order chi connectivity index (χ1) is 8.47. The molecule has 0 radical (unpaired) electrons. The van der Waals surface area contributed by atoms with Crippen LogP contribution in [0.25, 0.3) is 0 Å². The third kappa shape index (κ3) is 2.92. The highest BCUT2D eigenvalue weighted by atomic mass is 79.9. The average Bonchev–Trinajstić information content (AvgIpc) is 2.77. The topological polar surface area (TPSA) is 46.2 Å². The zero-order chi connectivity index (χ0) is 13.2. The van der Waals surface area contributed by atoms with Gasteiger partial charge in [-0.05, 0) is 31.0 Å². The van der Waals surface area contributed by atoms with E-state index < -0.39 is 21.4 Å². The van der Waals surface area contributed by atoms with E-state index in [9.17, 15) is 12.8 Å².